The standard InChI is InChI=1S/C27H32N4O2/c1-18(31-21(4)19(2)20(3)29-31)16-26(32)30-15-14-28-27(33)25(30)17-22-10-12-24(13-11-22)23-8-6-5-7-9-23/h5-13,18,25H,14-17H2,1-4H3,(H,28,33)/t18-,25+/m1/s1. The number of aromatic nitrogens is 2. The third-order valence-electron chi connectivity index (χ3n) is 6.72. The van der Waals surface area contributed by atoms with Crippen molar-refractivity contribution in [2.24, 2.45) is 0 Å². The van der Waals surface area contributed by atoms with Gasteiger partial charge in [-0.15, -0.1) is 0 Å². The first-order valence-electron chi connectivity index (χ1n) is 11.6. The molecule has 6 nitrogen and oxygen atoms in total. The average Bonchev–Trinajstić information content (AvgIpc) is 3.08. The van der Waals surface area contributed by atoms with E-state index in [1.165, 1.54) is 0 Å². The van der Waals surface area contributed by atoms with E-state index >= 15 is 0 Å². The van der Waals surface area contributed by atoms with Crippen LogP contribution in [0.3, 0.4) is 0 Å². The molecule has 0 bridgehead atoms. The van der Waals surface area contributed by atoms with Crippen molar-refractivity contribution in [3.05, 3.63) is 77.1 Å². The van der Waals surface area contributed by atoms with Gasteiger partial charge in [0.2, 0.25) is 11.8 Å². The number of aryl methyl sites for hydroxylation is 1. The van der Waals surface area contributed by atoms with E-state index in [4.69, 9.17) is 0 Å². The summed E-state index contributed by atoms with van der Waals surface area (Å²) in [6.45, 7) is 9.10. The fourth-order valence-corrected chi connectivity index (χ4v) is 4.53. The van der Waals surface area contributed by atoms with Crippen LogP contribution in [0.5, 0.6) is 0 Å². The molecule has 6 heteroatoms. The Bertz CT molecular complexity index is 1130. The Balaban J connectivity index is 1.47. The van der Waals surface area contributed by atoms with Crippen molar-refractivity contribution < 1.29 is 9.59 Å². The molecule has 1 fully saturated rings. The predicted octanol–water partition coefficient (Wildman–Crippen LogP) is 4.00. The van der Waals surface area contributed by atoms with Gasteiger partial charge in [-0.25, -0.2) is 0 Å². The lowest BCUT2D eigenvalue weighted by Gasteiger charge is -2.36. The van der Waals surface area contributed by atoms with Crippen molar-refractivity contribution in [1.82, 2.24) is 20.0 Å². The third kappa shape index (κ3) is 4.85. The zero-order valence-electron chi connectivity index (χ0n) is 19.8. The van der Waals surface area contributed by atoms with E-state index < -0.39 is 6.04 Å². The van der Waals surface area contributed by atoms with Crippen LogP contribution in [0.15, 0.2) is 54.6 Å². The Morgan fingerprint density at radius 1 is 1.06 bits per heavy atom. The van der Waals surface area contributed by atoms with Crippen LogP contribution >= 0.6 is 0 Å². The zero-order valence-corrected chi connectivity index (χ0v) is 19.8. The predicted molar refractivity (Wildman–Crippen MR) is 130 cm³/mol. The highest BCUT2D eigenvalue weighted by Gasteiger charge is 2.34. The minimum atomic E-state index is -0.497. The molecule has 33 heavy (non-hydrogen) atoms. The molecule has 1 N–H and O–H groups in total. The summed E-state index contributed by atoms with van der Waals surface area (Å²) < 4.78 is 1.93. The lowest BCUT2D eigenvalue weighted by molar-refractivity contribution is -0.143. The Labute approximate surface area is 195 Å². The summed E-state index contributed by atoms with van der Waals surface area (Å²) in [7, 11) is 0. The highest BCUT2D eigenvalue weighted by atomic mass is 16.2. The highest BCUT2D eigenvalue weighted by molar-refractivity contribution is 5.89. The summed E-state index contributed by atoms with van der Waals surface area (Å²) in [4.78, 5) is 27.8. The van der Waals surface area contributed by atoms with Crippen LogP contribution < -0.4 is 5.32 Å². The van der Waals surface area contributed by atoms with E-state index in [2.05, 4.69) is 41.6 Å². The van der Waals surface area contributed by atoms with E-state index in [-0.39, 0.29) is 17.9 Å². The quantitative estimate of drug-likeness (QED) is 0.625. The summed E-state index contributed by atoms with van der Waals surface area (Å²) >= 11 is 0. The minimum absolute atomic E-state index is 0.00605. The SMILES string of the molecule is Cc1nn([C@H](C)CC(=O)N2CCNC(=O)[C@@H]2Cc2ccc(-c3ccccc3)cc2)c(C)c1C. The molecular formula is C27H32N4O2. The molecule has 1 saturated heterocycles. The number of carbonyl (C=O) groups excluding carboxylic acids is 2. The third-order valence-corrected chi connectivity index (χ3v) is 6.72. The van der Waals surface area contributed by atoms with Crippen LogP contribution in [-0.2, 0) is 16.0 Å². The molecule has 0 saturated carbocycles. The summed E-state index contributed by atoms with van der Waals surface area (Å²) in [5.41, 5.74) is 6.56. The van der Waals surface area contributed by atoms with Gasteiger partial charge < -0.3 is 10.2 Å². The molecule has 1 aliphatic heterocycles. The van der Waals surface area contributed by atoms with Gasteiger partial charge in [0.05, 0.1) is 11.7 Å². The summed E-state index contributed by atoms with van der Waals surface area (Å²) in [6, 6.07) is 17.9. The molecule has 0 unspecified atom stereocenters. The maximum absolute atomic E-state index is 13.3. The van der Waals surface area contributed by atoms with E-state index in [0.29, 0.717) is 25.9 Å². The van der Waals surface area contributed by atoms with Gasteiger partial charge in [-0.2, -0.15) is 5.10 Å². The monoisotopic (exact) mass is 444 g/mol. The number of nitrogens with zero attached hydrogens (tertiary/aromatic N) is 3. The Hall–Kier alpha value is -3.41. The first kappa shape index (κ1) is 22.8. The van der Waals surface area contributed by atoms with Crippen molar-refractivity contribution in [3.8, 4) is 11.1 Å². The van der Waals surface area contributed by atoms with Crippen LogP contribution in [0.4, 0.5) is 0 Å². The molecule has 1 aromatic heterocycles. The molecule has 2 heterocycles. The Morgan fingerprint density at radius 2 is 1.73 bits per heavy atom. The molecule has 2 aromatic carbocycles. The van der Waals surface area contributed by atoms with Crippen LogP contribution in [-0.4, -0.2) is 45.6 Å². The Morgan fingerprint density at radius 3 is 2.36 bits per heavy atom. The van der Waals surface area contributed by atoms with Gasteiger partial charge in [0.15, 0.2) is 0 Å². The average molecular weight is 445 g/mol. The first-order valence-corrected chi connectivity index (χ1v) is 11.6. The summed E-state index contributed by atoms with van der Waals surface area (Å²) in [5, 5.41) is 7.54. The fourth-order valence-electron chi connectivity index (χ4n) is 4.53. The molecule has 172 valence electrons. The van der Waals surface area contributed by atoms with Gasteiger partial charge in [-0.3, -0.25) is 14.3 Å². The van der Waals surface area contributed by atoms with Crippen LogP contribution in [0.2, 0.25) is 0 Å². The number of hydrogen-bond acceptors (Lipinski definition) is 3. The first-order chi connectivity index (χ1) is 15.8. The second kappa shape index (κ2) is 9.61. The highest BCUT2D eigenvalue weighted by Crippen LogP contribution is 2.23. The summed E-state index contributed by atoms with van der Waals surface area (Å²) in [5.74, 6) is -0.0928. The number of rotatable bonds is 6. The van der Waals surface area contributed by atoms with Gasteiger partial charge >= 0.3 is 0 Å². The molecule has 0 spiro atoms. The number of piperazine rings is 1. The molecule has 0 aliphatic carbocycles. The van der Waals surface area contributed by atoms with Crippen molar-refractivity contribution >= 4 is 11.8 Å². The van der Waals surface area contributed by atoms with E-state index in [0.717, 1.165) is 33.6 Å². The van der Waals surface area contributed by atoms with Crippen LogP contribution in [0, 0.1) is 20.8 Å². The smallest absolute Gasteiger partial charge is 0.243 e. The number of amides is 2. The van der Waals surface area contributed by atoms with Crippen molar-refractivity contribution in [2.45, 2.75) is 52.6 Å². The molecular weight excluding hydrogens is 412 g/mol. The Kier molecular flexibility index (Phi) is 6.63. The molecule has 4 rings (SSSR count). The summed E-state index contributed by atoms with van der Waals surface area (Å²) in [6.07, 6.45) is 0.818. The second-order valence-corrected chi connectivity index (χ2v) is 8.95. The molecule has 3 aromatic rings. The van der Waals surface area contributed by atoms with E-state index in [1.54, 1.807) is 4.90 Å². The van der Waals surface area contributed by atoms with Crippen molar-refractivity contribution in [1.29, 1.82) is 0 Å². The van der Waals surface area contributed by atoms with Gasteiger partial charge in [0.1, 0.15) is 6.04 Å². The van der Waals surface area contributed by atoms with E-state index in [9.17, 15) is 9.59 Å². The van der Waals surface area contributed by atoms with Crippen LogP contribution in [0.1, 0.15) is 41.9 Å². The maximum Gasteiger partial charge on any atom is 0.243 e. The lowest BCUT2D eigenvalue weighted by Crippen LogP contribution is -2.58. The molecule has 2 atom stereocenters. The molecule has 0 radical (unpaired) electrons. The van der Waals surface area contributed by atoms with Gasteiger partial charge in [0, 0.05) is 31.6 Å². The number of nitrogens with one attached hydrogen (secondary N) is 1. The van der Waals surface area contributed by atoms with Gasteiger partial charge in [-0.1, -0.05) is 54.6 Å². The minimum Gasteiger partial charge on any atom is -0.353 e. The van der Waals surface area contributed by atoms with Gasteiger partial charge in [-0.05, 0) is 49.9 Å². The normalized spacial score (nSPS) is 17.0. The topological polar surface area (TPSA) is 67.2 Å². The maximum atomic E-state index is 13.3. The van der Waals surface area contributed by atoms with Crippen LogP contribution in [0.25, 0.3) is 11.1 Å². The van der Waals surface area contributed by atoms with E-state index in [1.807, 2.05) is 55.8 Å². The molecule has 1 aliphatic rings. The lowest BCUT2D eigenvalue weighted by atomic mass is 9.98. The van der Waals surface area contributed by atoms with Crippen molar-refractivity contribution in [2.75, 3.05) is 13.1 Å². The number of benzene rings is 2. The van der Waals surface area contributed by atoms with Crippen molar-refractivity contribution in [3.63, 3.8) is 0 Å². The fraction of sp³-hybridized carbons (Fsp3) is 0.370. The molecule has 2 amide bonds. The zero-order chi connectivity index (χ0) is 23.5. The number of hydrogen-bond donors (Lipinski definition) is 1. The largest absolute Gasteiger partial charge is 0.353 e. The van der Waals surface area contributed by atoms with Gasteiger partial charge in [0.25, 0.3) is 0 Å². The number of carbonyl (C=O) groups is 2. The second-order valence-electron chi connectivity index (χ2n) is 8.95.